The van der Waals surface area contributed by atoms with Crippen LogP contribution in [0.2, 0.25) is 0 Å². The molecule has 0 N–H and O–H groups in total. The molecule has 28 heavy (non-hydrogen) atoms. The van der Waals surface area contributed by atoms with Gasteiger partial charge in [-0.3, -0.25) is 0 Å². The van der Waals surface area contributed by atoms with Gasteiger partial charge in [0, 0.05) is 5.56 Å². The van der Waals surface area contributed by atoms with Gasteiger partial charge in [-0.1, -0.05) is 89.8 Å². The fourth-order valence-electron chi connectivity index (χ4n) is 3.15. The average molecular weight is 383 g/mol. The van der Waals surface area contributed by atoms with Crippen molar-refractivity contribution in [3.63, 3.8) is 0 Å². The molecule has 0 bridgehead atoms. The monoisotopic (exact) mass is 382 g/mol. The molecule has 2 aromatic carbocycles. The Labute approximate surface area is 172 Å². The zero-order chi connectivity index (χ0) is 20.9. The van der Waals surface area contributed by atoms with Gasteiger partial charge in [0.25, 0.3) is 0 Å². The summed E-state index contributed by atoms with van der Waals surface area (Å²) in [7, 11) is 3.41. The van der Waals surface area contributed by atoms with E-state index in [0.717, 1.165) is 22.6 Å². The zero-order valence-electron chi connectivity index (χ0n) is 18.8. The fourth-order valence-corrected chi connectivity index (χ4v) is 3.15. The second-order valence-electron chi connectivity index (χ2n) is 7.39. The SMILES string of the molecule is CCCCCC.COc1cc(C=C(C)c2ccccc2)cc(OC)c1C(C)C. The van der Waals surface area contributed by atoms with Crippen molar-refractivity contribution in [1.29, 1.82) is 0 Å². The van der Waals surface area contributed by atoms with Gasteiger partial charge in [-0.15, -0.1) is 0 Å². The molecule has 0 saturated heterocycles. The van der Waals surface area contributed by atoms with Crippen LogP contribution >= 0.6 is 0 Å². The Kier molecular flexibility index (Phi) is 11.1. The molecule has 2 nitrogen and oxygen atoms in total. The lowest BCUT2D eigenvalue weighted by Gasteiger charge is -2.17. The molecule has 2 rings (SSSR count). The van der Waals surface area contributed by atoms with Gasteiger partial charge in [-0.05, 0) is 41.7 Å². The van der Waals surface area contributed by atoms with Gasteiger partial charge in [0.15, 0.2) is 0 Å². The first-order chi connectivity index (χ1) is 13.5. The van der Waals surface area contributed by atoms with Crippen LogP contribution in [0.25, 0.3) is 11.6 Å². The summed E-state index contributed by atoms with van der Waals surface area (Å²) in [5.74, 6) is 2.10. The van der Waals surface area contributed by atoms with E-state index in [0.29, 0.717) is 5.92 Å². The van der Waals surface area contributed by atoms with E-state index in [1.165, 1.54) is 36.8 Å². The maximum atomic E-state index is 5.57. The highest BCUT2D eigenvalue weighted by Crippen LogP contribution is 2.37. The van der Waals surface area contributed by atoms with E-state index in [-0.39, 0.29) is 0 Å². The van der Waals surface area contributed by atoms with Gasteiger partial charge in [0.2, 0.25) is 0 Å². The van der Waals surface area contributed by atoms with Crippen LogP contribution in [0.3, 0.4) is 0 Å². The molecule has 0 fully saturated rings. The number of methoxy groups -OCH3 is 2. The van der Waals surface area contributed by atoms with E-state index in [4.69, 9.17) is 9.47 Å². The topological polar surface area (TPSA) is 18.5 Å². The molecule has 0 aliphatic rings. The fraction of sp³-hybridized carbons (Fsp3) is 0.462. The van der Waals surface area contributed by atoms with Crippen molar-refractivity contribution in [1.82, 2.24) is 0 Å². The molecule has 0 saturated carbocycles. The lowest BCUT2D eigenvalue weighted by atomic mass is 9.97. The predicted molar refractivity (Wildman–Crippen MR) is 123 cm³/mol. The highest BCUT2D eigenvalue weighted by molar-refractivity contribution is 5.81. The Morgan fingerprint density at radius 3 is 1.79 bits per heavy atom. The van der Waals surface area contributed by atoms with Crippen LogP contribution < -0.4 is 9.47 Å². The molecule has 0 aliphatic carbocycles. The number of hydrogen-bond donors (Lipinski definition) is 0. The molecule has 0 spiro atoms. The minimum atomic E-state index is 0.346. The number of hydrogen-bond acceptors (Lipinski definition) is 2. The third-order valence-electron chi connectivity index (χ3n) is 4.71. The first-order valence-corrected chi connectivity index (χ1v) is 10.5. The maximum Gasteiger partial charge on any atom is 0.126 e. The molecule has 154 valence electrons. The second kappa shape index (κ2) is 13.0. The predicted octanol–water partition coefficient (Wildman–Crippen LogP) is 7.97. The summed E-state index contributed by atoms with van der Waals surface area (Å²) in [6.07, 6.45) is 7.69. The molecular formula is C26H38O2. The summed E-state index contributed by atoms with van der Waals surface area (Å²) in [4.78, 5) is 0. The van der Waals surface area contributed by atoms with Crippen LogP contribution in [0.1, 0.15) is 82.9 Å². The number of unbranched alkanes of at least 4 members (excludes halogenated alkanes) is 3. The highest BCUT2D eigenvalue weighted by Gasteiger charge is 2.15. The summed E-state index contributed by atoms with van der Waals surface area (Å²) >= 11 is 0. The molecule has 0 aliphatic heterocycles. The minimum Gasteiger partial charge on any atom is -0.496 e. The number of ether oxygens (including phenoxy) is 2. The van der Waals surface area contributed by atoms with E-state index in [2.05, 4.69) is 77.1 Å². The second-order valence-corrected chi connectivity index (χ2v) is 7.39. The van der Waals surface area contributed by atoms with Gasteiger partial charge in [0.1, 0.15) is 11.5 Å². The Morgan fingerprint density at radius 1 is 0.893 bits per heavy atom. The third kappa shape index (κ3) is 7.42. The van der Waals surface area contributed by atoms with Crippen molar-refractivity contribution in [2.45, 2.75) is 66.2 Å². The van der Waals surface area contributed by atoms with E-state index >= 15 is 0 Å². The van der Waals surface area contributed by atoms with E-state index in [9.17, 15) is 0 Å². The van der Waals surface area contributed by atoms with E-state index in [1.807, 2.05) is 6.07 Å². The van der Waals surface area contributed by atoms with Crippen molar-refractivity contribution < 1.29 is 9.47 Å². The van der Waals surface area contributed by atoms with Gasteiger partial charge >= 0.3 is 0 Å². The van der Waals surface area contributed by atoms with E-state index < -0.39 is 0 Å². The number of benzene rings is 2. The lowest BCUT2D eigenvalue weighted by molar-refractivity contribution is 0.382. The number of rotatable bonds is 8. The average Bonchev–Trinajstić information content (AvgIpc) is 2.72. The Morgan fingerprint density at radius 2 is 1.39 bits per heavy atom. The van der Waals surface area contributed by atoms with Crippen LogP contribution in [0.4, 0.5) is 0 Å². The normalized spacial score (nSPS) is 11.1. The molecule has 0 aromatic heterocycles. The molecule has 0 atom stereocenters. The highest BCUT2D eigenvalue weighted by atomic mass is 16.5. The Bertz CT molecular complexity index is 685. The van der Waals surface area contributed by atoms with E-state index in [1.54, 1.807) is 14.2 Å². The summed E-state index contributed by atoms with van der Waals surface area (Å²) in [5.41, 5.74) is 4.62. The molecule has 0 heterocycles. The maximum absolute atomic E-state index is 5.57. The van der Waals surface area contributed by atoms with Crippen molar-refractivity contribution in [3.8, 4) is 11.5 Å². The van der Waals surface area contributed by atoms with Crippen LogP contribution in [0, 0.1) is 0 Å². The Balaban J connectivity index is 0.000000568. The summed E-state index contributed by atoms with van der Waals surface area (Å²) < 4.78 is 11.1. The smallest absolute Gasteiger partial charge is 0.126 e. The molecule has 0 unspecified atom stereocenters. The van der Waals surface area contributed by atoms with Crippen molar-refractivity contribution in [2.75, 3.05) is 14.2 Å². The minimum absolute atomic E-state index is 0.346. The summed E-state index contributed by atoms with van der Waals surface area (Å²) in [6.45, 7) is 10.9. The first kappa shape index (κ1) is 23.8. The van der Waals surface area contributed by atoms with Gasteiger partial charge in [-0.2, -0.15) is 0 Å². The van der Waals surface area contributed by atoms with Gasteiger partial charge < -0.3 is 9.47 Å². The third-order valence-corrected chi connectivity index (χ3v) is 4.71. The molecular weight excluding hydrogens is 344 g/mol. The van der Waals surface area contributed by atoms with Crippen molar-refractivity contribution in [3.05, 3.63) is 59.2 Å². The quantitative estimate of drug-likeness (QED) is 0.340. The van der Waals surface area contributed by atoms with Crippen LogP contribution in [-0.2, 0) is 0 Å². The molecule has 2 aromatic rings. The van der Waals surface area contributed by atoms with Crippen molar-refractivity contribution >= 4 is 11.6 Å². The van der Waals surface area contributed by atoms with Gasteiger partial charge in [-0.25, -0.2) is 0 Å². The largest absolute Gasteiger partial charge is 0.496 e. The Hall–Kier alpha value is -2.22. The molecule has 2 heteroatoms. The zero-order valence-corrected chi connectivity index (χ0v) is 18.8. The van der Waals surface area contributed by atoms with Crippen molar-refractivity contribution in [2.24, 2.45) is 0 Å². The first-order valence-electron chi connectivity index (χ1n) is 10.5. The summed E-state index contributed by atoms with van der Waals surface area (Å²) in [6, 6.07) is 14.5. The summed E-state index contributed by atoms with van der Waals surface area (Å²) in [5, 5.41) is 0. The van der Waals surface area contributed by atoms with Crippen LogP contribution in [0.5, 0.6) is 11.5 Å². The van der Waals surface area contributed by atoms with Gasteiger partial charge in [0.05, 0.1) is 14.2 Å². The molecule has 0 radical (unpaired) electrons. The van der Waals surface area contributed by atoms with Crippen LogP contribution in [0.15, 0.2) is 42.5 Å². The standard InChI is InChI=1S/C20H24O2.C6H14/c1-14(2)20-18(21-4)12-16(13-19(20)22-5)11-15(3)17-9-7-6-8-10-17;1-3-5-6-4-2/h6-14H,1-5H3;3-6H2,1-2H3. The molecule has 0 amide bonds. The number of allylic oxidation sites excluding steroid dienone is 1. The lowest BCUT2D eigenvalue weighted by Crippen LogP contribution is -1.99. The van der Waals surface area contributed by atoms with Crippen LogP contribution in [-0.4, -0.2) is 14.2 Å².